The van der Waals surface area contributed by atoms with Crippen molar-refractivity contribution in [2.45, 2.75) is 33.2 Å². The quantitative estimate of drug-likeness (QED) is 0.870. The minimum Gasteiger partial charge on any atom is -0.398 e. The number of nitrogens with two attached hydrogens (primary N) is 1. The van der Waals surface area contributed by atoms with Crippen molar-refractivity contribution < 1.29 is 4.79 Å². The Morgan fingerprint density at radius 1 is 1.52 bits per heavy atom. The van der Waals surface area contributed by atoms with Crippen molar-refractivity contribution in [2.75, 3.05) is 30.3 Å². The van der Waals surface area contributed by atoms with Crippen LogP contribution in [0.5, 0.6) is 0 Å². The van der Waals surface area contributed by atoms with Crippen LogP contribution >= 0.6 is 11.6 Å². The van der Waals surface area contributed by atoms with Gasteiger partial charge in [-0.3, -0.25) is 4.79 Å². The molecule has 1 heterocycles. The average molecular weight is 310 g/mol. The van der Waals surface area contributed by atoms with E-state index in [2.05, 4.69) is 18.7 Å². The third-order valence-corrected chi connectivity index (χ3v) is 4.25. The van der Waals surface area contributed by atoms with Crippen LogP contribution in [0.15, 0.2) is 18.2 Å². The molecule has 0 bridgehead atoms. The van der Waals surface area contributed by atoms with Crippen LogP contribution in [0.3, 0.4) is 0 Å². The van der Waals surface area contributed by atoms with Crippen molar-refractivity contribution in [3.8, 4) is 0 Å². The van der Waals surface area contributed by atoms with Gasteiger partial charge in [-0.25, -0.2) is 0 Å². The van der Waals surface area contributed by atoms with E-state index in [-0.39, 0.29) is 5.91 Å². The van der Waals surface area contributed by atoms with Gasteiger partial charge in [0, 0.05) is 38.3 Å². The Hall–Kier alpha value is -1.42. The Morgan fingerprint density at radius 2 is 2.24 bits per heavy atom. The van der Waals surface area contributed by atoms with Crippen LogP contribution in [0.4, 0.5) is 11.4 Å². The lowest BCUT2D eigenvalue weighted by Gasteiger charge is -2.33. The summed E-state index contributed by atoms with van der Waals surface area (Å²) in [5.41, 5.74) is 7.48. The Morgan fingerprint density at radius 3 is 2.76 bits per heavy atom. The Labute approximate surface area is 131 Å². The van der Waals surface area contributed by atoms with Gasteiger partial charge >= 0.3 is 0 Å². The molecule has 0 unspecified atom stereocenters. The molecule has 1 amide bonds. The number of carbonyl (C=O) groups excluding carboxylic acids is 1. The number of rotatable bonds is 4. The summed E-state index contributed by atoms with van der Waals surface area (Å²) < 4.78 is 0. The molecular weight excluding hydrogens is 286 g/mol. The minimum atomic E-state index is 0.150. The van der Waals surface area contributed by atoms with Crippen LogP contribution in [-0.4, -0.2) is 36.5 Å². The molecule has 0 spiro atoms. The van der Waals surface area contributed by atoms with E-state index in [1.807, 2.05) is 23.1 Å². The van der Waals surface area contributed by atoms with Gasteiger partial charge in [0.15, 0.2) is 0 Å². The first-order valence-electron chi connectivity index (χ1n) is 7.45. The zero-order valence-electron chi connectivity index (χ0n) is 13.0. The number of benzene rings is 1. The largest absolute Gasteiger partial charge is 0.398 e. The van der Waals surface area contributed by atoms with Gasteiger partial charge < -0.3 is 15.5 Å². The van der Waals surface area contributed by atoms with Gasteiger partial charge in [-0.1, -0.05) is 25.4 Å². The zero-order chi connectivity index (χ0) is 15.6. The van der Waals surface area contributed by atoms with Crippen LogP contribution in [0, 0.1) is 5.92 Å². The maximum absolute atomic E-state index is 11.5. The zero-order valence-corrected chi connectivity index (χ0v) is 13.7. The first-order chi connectivity index (χ1) is 9.88. The highest BCUT2D eigenvalue weighted by atomic mass is 35.5. The predicted octanol–water partition coefficient (Wildman–Crippen LogP) is 3.01. The average Bonchev–Trinajstić information content (AvgIpc) is 2.89. The lowest BCUT2D eigenvalue weighted by molar-refractivity contribution is -0.127. The minimum absolute atomic E-state index is 0.150. The first kappa shape index (κ1) is 16.0. The lowest BCUT2D eigenvalue weighted by atomic mass is 10.1. The number of hydrogen-bond donors (Lipinski definition) is 1. The van der Waals surface area contributed by atoms with E-state index in [0.29, 0.717) is 22.7 Å². The SMILES string of the molecule is CC(=O)N1CC[C@H](N(CC(C)C)c2ccc(N)c(Cl)c2)C1. The molecule has 1 atom stereocenters. The second-order valence-electron chi connectivity index (χ2n) is 6.16. The standard InChI is InChI=1S/C16H24ClN3O/c1-11(2)9-20(13-4-5-16(18)15(17)8-13)14-6-7-19(10-14)12(3)21/h4-5,8,11,14H,6-7,9-10,18H2,1-3H3/t14-/m0/s1. The predicted molar refractivity (Wildman–Crippen MR) is 88.7 cm³/mol. The molecule has 1 aliphatic rings. The van der Waals surface area contributed by atoms with Crippen LogP contribution in [-0.2, 0) is 4.79 Å². The summed E-state index contributed by atoms with van der Waals surface area (Å²) in [6.45, 7) is 8.58. The Kier molecular flexibility index (Phi) is 4.99. The van der Waals surface area contributed by atoms with E-state index in [1.165, 1.54) is 0 Å². The number of anilines is 2. The molecule has 21 heavy (non-hydrogen) atoms. The molecule has 0 radical (unpaired) electrons. The monoisotopic (exact) mass is 309 g/mol. The van der Waals surface area contributed by atoms with Gasteiger partial charge in [0.1, 0.15) is 0 Å². The summed E-state index contributed by atoms with van der Waals surface area (Å²) in [5.74, 6) is 0.685. The number of amides is 1. The summed E-state index contributed by atoms with van der Waals surface area (Å²) in [6.07, 6.45) is 0.994. The smallest absolute Gasteiger partial charge is 0.219 e. The van der Waals surface area contributed by atoms with Gasteiger partial charge in [-0.2, -0.15) is 0 Å². The molecule has 116 valence electrons. The molecule has 1 saturated heterocycles. The molecule has 2 rings (SSSR count). The summed E-state index contributed by atoms with van der Waals surface area (Å²) in [7, 11) is 0. The second kappa shape index (κ2) is 6.56. The fourth-order valence-electron chi connectivity index (χ4n) is 2.84. The fourth-order valence-corrected chi connectivity index (χ4v) is 3.01. The summed E-state index contributed by atoms with van der Waals surface area (Å²) in [6, 6.07) is 6.13. The van der Waals surface area contributed by atoms with E-state index in [0.717, 1.165) is 31.7 Å². The summed E-state index contributed by atoms with van der Waals surface area (Å²) in [5, 5.41) is 0.586. The van der Waals surface area contributed by atoms with Crippen molar-refractivity contribution in [1.29, 1.82) is 0 Å². The van der Waals surface area contributed by atoms with Crippen molar-refractivity contribution in [2.24, 2.45) is 5.92 Å². The molecule has 4 nitrogen and oxygen atoms in total. The highest BCUT2D eigenvalue weighted by Crippen LogP contribution is 2.29. The number of nitrogen functional groups attached to an aromatic ring is 1. The van der Waals surface area contributed by atoms with Gasteiger partial charge in [-0.05, 0) is 30.5 Å². The molecule has 5 heteroatoms. The van der Waals surface area contributed by atoms with E-state index < -0.39 is 0 Å². The molecule has 1 aromatic rings. The van der Waals surface area contributed by atoms with Crippen LogP contribution in [0.1, 0.15) is 27.2 Å². The van der Waals surface area contributed by atoms with Crippen LogP contribution in [0.25, 0.3) is 0 Å². The van der Waals surface area contributed by atoms with E-state index in [1.54, 1.807) is 6.92 Å². The lowest BCUT2D eigenvalue weighted by Crippen LogP contribution is -2.40. The van der Waals surface area contributed by atoms with Gasteiger partial charge in [0.25, 0.3) is 0 Å². The highest BCUT2D eigenvalue weighted by Gasteiger charge is 2.29. The fraction of sp³-hybridized carbons (Fsp3) is 0.562. The first-order valence-corrected chi connectivity index (χ1v) is 7.83. The summed E-state index contributed by atoms with van der Waals surface area (Å²) >= 11 is 6.16. The van der Waals surface area contributed by atoms with Gasteiger partial charge in [-0.15, -0.1) is 0 Å². The van der Waals surface area contributed by atoms with Gasteiger partial charge in [0.2, 0.25) is 5.91 Å². The number of nitrogens with zero attached hydrogens (tertiary/aromatic N) is 2. The third kappa shape index (κ3) is 3.82. The molecule has 1 fully saturated rings. The van der Waals surface area contributed by atoms with Crippen LogP contribution in [0.2, 0.25) is 5.02 Å². The molecule has 0 aliphatic carbocycles. The summed E-state index contributed by atoms with van der Waals surface area (Å²) in [4.78, 5) is 15.8. The van der Waals surface area contributed by atoms with Crippen molar-refractivity contribution in [1.82, 2.24) is 4.90 Å². The molecule has 0 saturated carbocycles. The number of carbonyl (C=O) groups is 1. The van der Waals surface area contributed by atoms with Crippen molar-refractivity contribution in [3.63, 3.8) is 0 Å². The van der Waals surface area contributed by atoms with Crippen molar-refractivity contribution >= 4 is 28.9 Å². The topological polar surface area (TPSA) is 49.6 Å². The molecular formula is C16H24ClN3O. The third-order valence-electron chi connectivity index (χ3n) is 3.93. The molecule has 1 aliphatic heterocycles. The number of likely N-dealkylation sites (tertiary alicyclic amines) is 1. The van der Waals surface area contributed by atoms with Gasteiger partial charge in [0.05, 0.1) is 10.7 Å². The highest BCUT2D eigenvalue weighted by molar-refractivity contribution is 6.33. The van der Waals surface area contributed by atoms with E-state index in [9.17, 15) is 4.79 Å². The maximum Gasteiger partial charge on any atom is 0.219 e. The number of hydrogen-bond acceptors (Lipinski definition) is 3. The maximum atomic E-state index is 11.5. The molecule has 1 aromatic carbocycles. The van der Waals surface area contributed by atoms with Crippen LogP contribution < -0.4 is 10.6 Å². The van der Waals surface area contributed by atoms with E-state index >= 15 is 0 Å². The van der Waals surface area contributed by atoms with E-state index in [4.69, 9.17) is 17.3 Å². The normalized spacial score (nSPS) is 18.3. The number of halogens is 1. The second-order valence-corrected chi connectivity index (χ2v) is 6.57. The van der Waals surface area contributed by atoms with Crippen molar-refractivity contribution in [3.05, 3.63) is 23.2 Å². The molecule has 0 aromatic heterocycles. The Bertz CT molecular complexity index is 518. The Balaban J connectivity index is 2.22. The molecule has 2 N–H and O–H groups in total.